The molecule has 0 aromatic carbocycles. The molecule has 0 N–H and O–H groups in total. The highest BCUT2D eigenvalue weighted by Crippen LogP contribution is 2.22. The predicted octanol–water partition coefficient (Wildman–Crippen LogP) is 2.63. The molecule has 0 aliphatic carbocycles. The van der Waals surface area contributed by atoms with Crippen molar-refractivity contribution in [3.8, 4) is 5.75 Å². The Morgan fingerprint density at radius 2 is 2.15 bits per heavy atom. The van der Waals surface area contributed by atoms with E-state index in [0.717, 1.165) is 0 Å². The monoisotopic (exact) mass is 303 g/mol. The number of nitrogens with zero attached hydrogens (tertiary/aromatic N) is 1. The standard InChI is InChI=1S/C7H5F3INO/c8-7(9,10)4-13-6-1-2-12-3-5(6)11/h1-3H,4H2. The maximum atomic E-state index is 11.7. The van der Waals surface area contributed by atoms with Crippen molar-refractivity contribution in [2.45, 2.75) is 6.18 Å². The Morgan fingerprint density at radius 1 is 1.46 bits per heavy atom. The Morgan fingerprint density at radius 3 is 2.69 bits per heavy atom. The van der Waals surface area contributed by atoms with Crippen LogP contribution in [0.4, 0.5) is 13.2 Å². The minimum atomic E-state index is -4.30. The summed E-state index contributed by atoms with van der Waals surface area (Å²) in [6, 6.07) is 1.40. The molecule has 0 fully saturated rings. The second kappa shape index (κ2) is 4.12. The molecular formula is C7H5F3INO. The first-order chi connectivity index (χ1) is 5.99. The number of ether oxygens (including phenoxy) is 1. The van der Waals surface area contributed by atoms with Gasteiger partial charge in [-0.15, -0.1) is 0 Å². The zero-order valence-corrected chi connectivity index (χ0v) is 8.46. The van der Waals surface area contributed by atoms with Crippen molar-refractivity contribution in [3.05, 3.63) is 22.0 Å². The van der Waals surface area contributed by atoms with Crippen LogP contribution in [0.25, 0.3) is 0 Å². The summed E-state index contributed by atoms with van der Waals surface area (Å²) in [5.41, 5.74) is 0. The van der Waals surface area contributed by atoms with Gasteiger partial charge in [0.15, 0.2) is 6.61 Å². The predicted molar refractivity (Wildman–Crippen MR) is 48.5 cm³/mol. The molecule has 2 nitrogen and oxygen atoms in total. The minimum Gasteiger partial charge on any atom is -0.483 e. The first-order valence-corrected chi connectivity index (χ1v) is 4.36. The normalized spacial score (nSPS) is 11.4. The smallest absolute Gasteiger partial charge is 0.422 e. The molecule has 13 heavy (non-hydrogen) atoms. The Labute approximate surface area is 86.3 Å². The van der Waals surface area contributed by atoms with Crippen LogP contribution in [0.3, 0.4) is 0 Å². The lowest BCUT2D eigenvalue weighted by atomic mass is 10.4. The fourth-order valence-corrected chi connectivity index (χ4v) is 1.14. The van der Waals surface area contributed by atoms with Crippen LogP contribution in [0, 0.1) is 3.57 Å². The highest BCUT2D eigenvalue weighted by Gasteiger charge is 2.28. The Balaban J connectivity index is 2.60. The van der Waals surface area contributed by atoms with E-state index in [1.54, 1.807) is 0 Å². The van der Waals surface area contributed by atoms with Crippen LogP contribution in [0.5, 0.6) is 5.75 Å². The molecule has 0 saturated heterocycles. The number of halogens is 4. The average molecular weight is 303 g/mol. The third kappa shape index (κ3) is 3.79. The van der Waals surface area contributed by atoms with E-state index < -0.39 is 12.8 Å². The molecule has 0 spiro atoms. The summed E-state index contributed by atoms with van der Waals surface area (Å²) in [5.74, 6) is 0.202. The topological polar surface area (TPSA) is 22.1 Å². The van der Waals surface area contributed by atoms with Gasteiger partial charge in [0, 0.05) is 12.4 Å². The molecule has 0 amide bonds. The van der Waals surface area contributed by atoms with Gasteiger partial charge in [0.1, 0.15) is 5.75 Å². The maximum absolute atomic E-state index is 11.7. The summed E-state index contributed by atoms with van der Waals surface area (Å²) >= 11 is 1.86. The van der Waals surface area contributed by atoms with Crippen LogP contribution in [0.1, 0.15) is 0 Å². The highest BCUT2D eigenvalue weighted by molar-refractivity contribution is 14.1. The summed E-state index contributed by atoms with van der Waals surface area (Å²) < 4.78 is 40.3. The van der Waals surface area contributed by atoms with Gasteiger partial charge >= 0.3 is 6.18 Å². The van der Waals surface area contributed by atoms with Crippen LogP contribution >= 0.6 is 22.6 Å². The van der Waals surface area contributed by atoms with Crippen LogP contribution in [-0.4, -0.2) is 17.8 Å². The molecule has 0 saturated carbocycles. The molecule has 1 rings (SSSR count). The first kappa shape index (κ1) is 10.6. The van der Waals surface area contributed by atoms with Crippen LogP contribution in [0.15, 0.2) is 18.5 Å². The minimum absolute atomic E-state index is 0.202. The van der Waals surface area contributed by atoms with Gasteiger partial charge in [-0.25, -0.2) is 0 Å². The van der Waals surface area contributed by atoms with Crippen LogP contribution in [0.2, 0.25) is 0 Å². The molecule has 1 heterocycles. The Hall–Kier alpha value is -0.530. The van der Waals surface area contributed by atoms with Gasteiger partial charge in [0.25, 0.3) is 0 Å². The quantitative estimate of drug-likeness (QED) is 0.784. The largest absolute Gasteiger partial charge is 0.483 e. The number of alkyl halides is 3. The number of aromatic nitrogens is 1. The second-order valence-corrected chi connectivity index (χ2v) is 3.37. The van der Waals surface area contributed by atoms with E-state index in [2.05, 4.69) is 9.72 Å². The Bertz CT molecular complexity index is 289. The van der Waals surface area contributed by atoms with E-state index in [-0.39, 0.29) is 5.75 Å². The van der Waals surface area contributed by atoms with E-state index >= 15 is 0 Å². The van der Waals surface area contributed by atoms with Gasteiger partial charge in [-0.05, 0) is 28.7 Å². The van der Waals surface area contributed by atoms with Gasteiger partial charge in [-0.2, -0.15) is 13.2 Å². The Kier molecular flexibility index (Phi) is 3.34. The molecule has 0 unspecified atom stereocenters. The average Bonchev–Trinajstić information content (AvgIpc) is 2.01. The summed E-state index contributed by atoms with van der Waals surface area (Å²) in [7, 11) is 0. The van der Waals surface area contributed by atoms with Crippen molar-refractivity contribution in [2.75, 3.05) is 6.61 Å². The van der Waals surface area contributed by atoms with Gasteiger partial charge in [-0.1, -0.05) is 0 Å². The first-order valence-electron chi connectivity index (χ1n) is 3.28. The number of hydrogen-bond donors (Lipinski definition) is 0. The summed E-state index contributed by atoms with van der Waals surface area (Å²) in [6.07, 6.45) is -1.48. The van der Waals surface area contributed by atoms with Gasteiger partial charge in [-0.3, -0.25) is 4.98 Å². The summed E-state index contributed by atoms with van der Waals surface area (Å²) in [4.78, 5) is 3.72. The van der Waals surface area contributed by atoms with Gasteiger partial charge in [0.05, 0.1) is 3.57 Å². The number of pyridine rings is 1. The lowest BCUT2D eigenvalue weighted by Crippen LogP contribution is -2.19. The van der Waals surface area contributed by atoms with E-state index in [4.69, 9.17) is 0 Å². The molecule has 72 valence electrons. The lowest BCUT2D eigenvalue weighted by molar-refractivity contribution is -0.153. The molecule has 1 aromatic rings. The lowest BCUT2D eigenvalue weighted by Gasteiger charge is -2.09. The number of hydrogen-bond acceptors (Lipinski definition) is 2. The molecule has 0 aliphatic heterocycles. The zero-order valence-electron chi connectivity index (χ0n) is 6.31. The zero-order chi connectivity index (χ0) is 9.90. The van der Waals surface area contributed by atoms with E-state index in [1.165, 1.54) is 18.5 Å². The van der Waals surface area contributed by atoms with E-state index in [9.17, 15) is 13.2 Å². The summed E-state index contributed by atoms with van der Waals surface area (Å²) in [6.45, 7) is -1.27. The third-order valence-corrected chi connectivity index (χ3v) is 1.94. The molecule has 0 bridgehead atoms. The van der Waals surface area contributed by atoms with E-state index in [1.807, 2.05) is 22.6 Å². The highest BCUT2D eigenvalue weighted by atomic mass is 127. The van der Waals surface area contributed by atoms with E-state index in [0.29, 0.717) is 3.57 Å². The third-order valence-electron chi connectivity index (χ3n) is 1.13. The second-order valence-electron chi connectivity index (χ2n) is 2.21. The van der Waals surface area contributed by atoms with Crippen LogP contribution < -0.4 is 4.74 Å². The SMILES string of the molecule is FC(F)(F)COc1ccncc1I. The number of rotatable bonds is 2. The van der Waals surface area contributed by atoms with Crippen molar-refractivity contribution in [2.24, 2.45) is 0 Å². The van der Waals surface area contributed by atoms with Gasteiger partial charge in [0.2, 0.25) is 0 Å². The molecule has 0 atom stereocenters. The van der Waals surface area contributed by atoms with Crippen molar-refractivity contribution in [1.82, 2.24) is 4.98 Å². The fourth-order valence-electron chi connectivity index (χ4n) is 0.639. The fraction of sp³-hybridized carbons (Fsp3) is 0.286. The van der Waals surface area contributed by atoms with Crippen molar-refractivity contribution >= 4 is 22.6 Å². The molecule has 0 radical (unpaired) electrons. The molecule has 0 aliphatic rings. The van der Waals surface area contributed by atoms with Crippen molar-refractivity contribution in [1.29, 1.82) is 0 Å². The molecule has 1 aromatic heterocycles. The van der Waals surface area contributed by atoms with Crippen LogP contribution in [-0.2, 0) is 0 Å². The molecular weight excluding hydrogens is 298 g/mol. The van der Waals surface area contributed by atoms with Gasteiger partial charge < -0.3 is 4.74 Å². The maximum Gasteiger partial charge on any atom is 0.422 e. The summed E-state index contributed by atoms with van der Waals surface area (Å²) in [5, 5.41) is 0. The van der Waals surface area contributed by atoms with Crippen molar-refractivity contribution in [3.63, 3.8) is 0 Å². The van der Waals surface area contributed by atoms with Crippen molar-refractivity contribution < 1.29 is 17.9 Å². The molecule has 6 heteroatoms.